The van der Waals surface area contributed by atoms with Gasteiger partial charge in [0.05, 0.1) is 6.26 Å². The summed E-state index contributed by atoms with van der Waals surface area (Å²) in [6.07, 6.45) is 3.98. The van der Waals surface area contributed by atoms with Crippen LogP contribution in [0.3, 0.4) is 0 Å². The topological polar surface area (TPSA) is 83.0 Å². The van der Waals surface area contributed by atoms with E-state index >= 15 is 0 Å². The molecule has 0 radical (unpaired) electrons. The fraction of sp³-hybridized carbons (Fsp3) is 0.611. The molecule has 0 unspecified atom stereocenters. The second-order valence-electron chi connectivity index (χ2n) is 6.37. The van der Waals surface area contributed by atoms with Crippen molar-refractivity contribution in [2.24, 2.45) is 4.99 Å². The van der Waals surface area contributed by atoms with Crippen molar-refractivity contribution in [1.29, 1.82) is 0 Å². The van der Waals surface area contributed by atoms with Crippen molar-refractivity contribution in [3.8, 4) is 5.75 Å². The summed E-state index contributed by atoms with van der Waals surface area (Å²) in [4.78, 5) is 6.87. The first-order valence-electron chi connectivity index (χ1n) is 9.17. The van der Waals surface area contributed by atoms with Gasteiger partial charge in [0.25, 0.3) is 0 Å². The van der Waals surface area contributed by atoms with E-state index in [-0.39, 0.29) is 6.10 Å². The quantitative estimate of drug-likeness (QED) is 0.404. The minimum atomic E-state index is -3.13. The second kappa shape index (κ2) is 10.4. The first kappa shape index (κ1) is 20.5. The average molecular weight is 383 g/mol. The molecule has 0 saturated carbocycles. The van der Waals surface area contributed by atoms with Crippen LogP contribution in [0.4, 0.5) is 0 Å². The van der Waals surface area contributed by atoms with Crippen molar-refractivity contribution in [2.75, 3.05) is 39.0 Å². The first-order chi connectivity index (χ1) is 12.5. The van der Waals surface area contributed by atoms with Gasteiger partial charge in [-0.05, 0) is 25.5 Å². The normalized spacial score (nSPS) is 16.5. The number of piperidine rings is 1. The van der Waals surface area contributed by atoms with E-state index in [1.807, 2.05) is 37.3 Å². The summed E-state index contributed by atoms with van der Waals surface area (Å²) in [6.45, 7) is 5.64. The minimum absolute atomic E-state index is 0.232. The molecule has 1 aromatic carbocycles. The number of ether oxygens (including phenoxy) is 1. The summed E-state index contributed by atoms with van der Waals surface area (Å²) in [5, 5.41) is 3.32. The smallest absolute Gasteiger partial charge is 0.208 e. The van der Waals surface area contributed by atoms with Crippen molar-refractivity contribution in [3.05, 3.63) is 30.3 Å². The summed E-state index contributed by atoms with van der Waals surface area (Å²) in [5.41, 5.74) is 0. The van der Waals surface area contributed by atoms with E-state index in [1.165, 1.54) is 6.26 Å². The van der Waals surface area contributed by atoms with Crippen LogP contribution < -0.4 is 14.8 Å². The molecule has 1 aromatic rings. The molecule has 26 heavy (non-hydrogen) atoms. The number of benzene rings is 1. The lowest BCUT2D eigenvalue weighted by Crippen LogP contribution is -2.47. The third-order valence-corrected chi connectivity index (χ3v) is 4.81. The van der Waals surface area contributed by atoms with E-state index in [0.29, 0.717) is 19.5 Å². The maximum absolute atomic E-state index is 11.1. The van der Waals surface area contributed by atoms with Crippen LogP contribution in [0.5, 0.6) is 5.75 Å². The number of guanidine groups is 1. The molecule has 2 N–H and O–H groups in total. The van der Waals surface area contributed by atoms with Crippen molar-refractivity contribution in [3.63, 3.8) is 0 Å². The van der Waals surface area contributed by atoms with E-state index in [0.717, 1.165) is 44.2 Å². The number of nitrogens with zero attached hydrogens (tertiary/aromatic N) is 2. The average Bonchev–Trinajstić information content (AvgIpc) is 2.61. The summed E-state index contributed by atoms with van der Waals surface area (Å²) in [6, 6.07) is 9.93. The molecule has 1 heterocycles. The number of hydrogen-bond donors (Lipinski definition) is 2. The molecule has 1 aliphatic heterocycles. The predicted molar refractivity (Wildman–Crippen MR) is 105 cm³/mol. The minimum Gasteiger partial charge on any atom is -0.490 e. The standard InChI is InChI=1S/C18H30N4O3S/c1-3-19-18(20-12-7-13-21-26(2,23)24)22-14-10-17(11-15-22)25-16-8-5-4-6-9-16/h4-6,8-9,17,21H,3,7,10-15H2,1-2H3,(H,19,20). The van der Waals surface area contributed by atoms with Gasteiger partial charge in [-0.15, -0.1) is 0 Å². The molecule has 0 atom stereocenters. The van der Waals surface area contributed by atoms with Gasteiger partial charge in [0.1, 0.15) is 11.9 Å². The molecule has 1 saturated heterocycles. The third kappa shape index (κ3) is 7.61. The zero-order chi connectivity index (χ0) is 18.8. The van der Waals surface area contributed by atoms with Gasteiger partial charge >= 0.3 is 0 Å². The molecule has 8 heteroatoms. The van der Waals surface area contributed by atoms with Gasteiger partial charge in [0, 0.05) is 45.6 Å². The van der Waals surface area contributed by atoms with Crippen molar-refractivity contribution in [1.82, 2.24) is 14.9 Å². The molecule has 0 aliphatic carbocycles. The van der Waals surface area contributed by atoms with Gasteiger partial charge in [-0.2, -0.15) is 0 Å². The van der Waals surface area contributed by atoms with Crippen molar-refractivity contribution in [2.45, 2.75) is 32.3 Å². The van der Waals surface area contributed by atoms with Crippen LogP contribution in [0.1, 0.15) is 26.2 Å². The van der Waals surface area contributed by atoms with Crippen molar-refractivity contribution < 1.29 is 13.2 Å². The highest BCUT2D eigenvalue weighted by Crippen LogP contribution is 2.18. The Morgan fingerprint density at radius 2 is 1.96 bits per heavy atom. The van der Waals surface area contributed by atoms with Crippen molar-refractivity contribution >= 4 is 16.0 Å². The van der Waals surface area contributed by atoms with E-state index in [4.69, 9.17) is 4.74 Å². The Morgan fingerprint density at radius 3 is 2.58 bits per heavy atom. The SMILES string of the molecule is CCNC(=NCCCNS(C)(=O)=O)N1CCC(Oc2ccccc2)CC1. The highest BCUT2D eigenvalue weighted by atomic mass is 32.2. The van der Waals surface area contributed by atoms with Crippen LogP contribution >= 0.6 is 0 Å². The van der Waals surface area contributed by atoms with Crippen LogP contribution in [0, 0.1) is 0 Å². The monoisotopic (exact) mass is 382 g/mol. The van der Waals surface area contributed by atoms with E-state index < -0.39 is 10.0 Å². The van der Waals surface area contributed by atoms with E-state index in [1.54, 1.807) is 0 Å². The summed E-state index contributed by atoms with van der Waals surface area (Å²) in [5.74, 6) is 1.81. The lowest BCUT2D eigenvalue weighted by Gasteiger charge is -2.34. The molecule has 0 amide bonds. The Labute approximate surface area is 156 Å². The molecule has 0 bridgehead atoms. The van der Waals surface area contributed by atoms with E-state index in [9.17, 15) is 8.42 Å². The molecular formula is C18H30N4O3S. The molecule has 0 spiro atoms. The van der Waals surface area contributed by atoms with Gasteiger partial charge in [-0.1, -0.05) is 18.2 Å². The molecule has 2 rings (SSSR count). The first-order valence-corrected chi connectivity index (χ1v) is 11.1. The van der Waals surface area contributed by atoms with Gasteiger partial charge in [-0.3, -0.25) is 4.99 Å². The Bertz CT molecular complexity index is 656. The fourth-order valence-corrected chi connectivity index (χ4v) is 3.34. The molecule has 146 valence electrons. The Balaban J connectivity index is 1.78. The number of hydrogen-bond acceptors (Lipinski definition) is 4. The maximum Gasteiger partial charge on any atom is 0.208 e. The van der Waals surface area contributed by atoms with Gasteiger partial charge in [0.15, 0.2) is 5.96 Å². The summed E-state index contributed by atoms with van der Waals surface area (Å²) in [7, 11) is -3.13. The van der Waals surface area contributed by atoms with Crippen LogP contribution in [0.25, 0.3) is 0 Å². The van der Waals surface area contributed by atoms with Crippen LogP contribution in [0.2, 0.25) is 0 Å². The maximum atomic E-state index is 11.1. The third-order valence-electron chi connectivity index (χ3n) is 4.08. The Kier molecular flexibility index (Phi) is 8.18. The molecular weight excluding hydrogens is 352 g/mol. The number of aliphatic imine (C=N–C) groups is 1. The Hall–Kier alpha value is -1.80. The highest BCUT2D eigenvalue weighted by molar-refractivity contribution is 7.88. The Morgan fingerprint density at radius 1 is 1.27 bits per heavy atom. The van der Waals surface area contributed by atoms with Gasteiger partial charge in [-0.25, -0.2) is 13.1 Å². The number of sulfonamides is 1. The van der Waals surface area contributed by atoms with Gasteiger partial charge < -0.3 is 15.0 Å². The van der Waals surface area contributed by atoms with Crippen LogP contribution in [0.15, 0.2) is 35.3 Å². The predicted octanol–water partition coefficient (Wildman–Crippen LogP) is 1.43. The summed E-state index contributed by atoms with van der Waals surface area (Å²) < 4.78 is 30.6. The second-order valence-corrected chi connectivity index (χ2v) is 8.21. The lowest BCUT2D eigenvalue weighted by molar-refractivity contribution is 0.129. The zero-order valence-corrected chi connectivity index (χ0v) is 16.5. The summed E-state index contributed by atoms with van der Waals surface area (Å²) >= 11 is 0. The zero-order valence-electron chi connectivity index (χ0n) is 15.6. The number of likely N-dealkylation sites (tertiary alicyclic amines) is 1. The molecule has 7 nitrogen and oxygen atoms in total. The van der Waals surface area contributed by atoms with E-state index in [2.05, 4.69) is 19.9 Å². The molecule has 1 aliphatic rings. The van der Waals surface area contributed by atoms with Gasteiger partial charge in [0.2, 0.25) is 10.0 Å². The largest absolute Gasteiger partial charge is 0.490 e. The van der Waals surface area contributed by atoms with Crippen LogP contribution in [-0.2, 0) is 10.0 Å². The lowest BCUT2D eigenvalue weighted by atomic mass is 10.1. The molecule has 1 fully saturated rings. The van der Waals surface area contributed by atoms with Crippen LogP contribution in [-0.4, -0.2) is 64.4 Å². The fourth-order valence-electron chi connectivity index (χ4n) is 2.82. The number of nitrogens with one attached hydrogen (secondary N) is 2. The number of para-hydroxylation sites is 1. The number of rotatable bonds is 8. The molecule has 0 aromatic heterocycles. The highest BCUT2D eigenvalue weighted by Gasteiger charge is 2.22.